The van der Waals surface area contributed by atoms with E-state index in [-0.39, 0.29) is 0 Å². The van der Waals surface area contributed by atoms with Crippen LogP contribution >= 0.6 is 0 Å². The molecule has 0 spiro atoms. The summed E-state index contributed by atoms with van der Waals surface area (Å²) >= 11 is 0. The highest BCUT2D eigenvalue weighted by atomic mass is 15.2. The lowest BCUT2D eigenvalue weighted by Crippen LogP contribution is -2.25. The molecule has 6 saturated carbocycles. The SMILES string of the molecule is C1C[C@@H]2[C@H]3C/C(=N/N=C4/C[C@H]5C[C@H]4[C@@H]4CCC[C@@H]54)[C@@H](C3)[C@@H]2C1. The van der Waals surface area contributed by atoms with Crippen LogP contribution < -0.4 is 0 Å². The second-order valence-corrected chi connectivity index (χ2v) is 9.31. The molecule has 0 radical (unpaired) electrons. The minimum atomic E-state index is 0.833. The van der Waals surface area contributed by atoms with E-state index in [0.717, 1.165) is 47.3 Å². The first-order valence-corrected chi connectivity index (χ1v) is 10.0. The summed E-state index contributed by atoms with van der Waals surface area (Å²) in [5.74, 6) is 7.76. The van der Waals surface area contributed by atoms with Crippen LogP contribution in [0, 0.1) is 47.3 Å². The van der Waals surface area contributed by atoms with Gasteiger partial charge >= 0.3 is 0 Å². The summed E-state index contributed by atoms with van der Waals surface area (Å²) in [6.45, 7) is 0. The first-order chi connectivity index (χ1) is 10.9. The number of hydrogen-bond acceptors (Lipinski definition) is 2. The predicted octanol–water partition coefficient (Wildman–Crippen LogP) is 4.70. The Balaban J connectivity index is 1.24. The van der Waals surface area contributed by atoms with Gasteiger partial charge in [0.1, 0.15) is 0 Å². The number of hydrogen-bond donors (Lipinski definition) is 0. The van der Waals surface area contributed by atoms with Crippen LogP contribution in [0.5, 0.6) is 0 Å². The molecule has 2 nitrogen and oxygen atoms in total. The van der Waals surface area contributed by atoms with Gasteiger partial charge in [-0.15, -0.1) is 0 Å². The van der Waals surface area contributed by atoms with Crippen LogP contribution in [-0.4, -0.2) is 11.4 Å². The summed E-state index contributed by atoms with van der Waals surface area (Å²) in [6.07, 6.45) is 14.5. The van der Waals surface area contributed by atoms with Gasteiger partial charge in [0.15, 0.2) is 0 Å². The van der Waals surface area contributed by atoms with Crippen molar-refractivity contribution in [3.05, 3.63) is 0 Å². The summed E-state index contributed by atoms with van der Waals surface area (Å²) in [7, 11) is 0. The van der Waals surface area contributed by atoms with E-state index in [9.17, 15) is 0 Å². The number of fused-ring (bicyclic) bond motifs is 10. The second kappa shape index (κ2) is 4.45. The molecule has 0 saturated heterocycles. The second-order valence-electron chi connectivity index (χ2n) is 9.31. The smallest absolute Gasteiger partial charge is 0.0442 e. The molecule has 0 aromatic heterocycles. The monoisotopic (exact) mass is 296 g/mol. The average molecular weight is 296 g/mol. The highest BCUT2D eigenvalue weighted by Crippen LogP contribution is 2.59. The van der Waals surface area contributed by atoms with Crippen molar-refractivity contribution in [2.45, 2.75) is 64.2 Å². The van der Waals surface area contributed by atoms with Crippen molar-refractivity contribution in [3.8, 4) is 0 Å². The van der Waals surface area contributed by atoms with Crippen molar-refractivity contribution in [2.75, 3.05) is 0 Å². The Labute approximate surface area is 133 Å². The van der Waals surface area contributed by atoms with Gasteiger partial charge < -0.3 is 0 Å². The maximum Gasteiger partial charge on any atom is 0.0442 e. The molecule has 4 bridgehead atoms. The lowest BCUT2D eigenvalue weighted by Gasteiger charge is -2.26. The molecule has 8 atom stereocenters. The van der Waals surface area contributed by atoms with Crippen LogP contribution in [0.25, 0.3) is 0 Å². The van der Waals surface area contributed by atoms with E-state index in [4.69, 9.17) is 10.2 Å². The van der Waals surface area contributed by atoms with E-state index in [1.165, 1.54) is 75.6 Å². The first kappa shape index (κ1) is 12.7. The summed E-state index contributed by atoms with van der Waals surface area (Å²) in [5, 5.41) is 9.77. The molecule has 118 valence electrons. The Morgan fingerprint density at radius 1 is 0.591 bits per heavy atom. The molecule has 6 rings (SSSR count). The van der Waals surface area contributed by atoms with Gasteiger partial charge in [0.05, 0.1) is 0 Å². The summed E-state index contributed by atoms with van der Waals surface area (Å²) < 4.78 is 0. The fraction of sp³-hybridized carbons (Fsp3) is 0.900. The third-order valence-electron chi connectivity index (χ3n) is 8.71. The van der Waals surface area contributed by atoms with Crippen molar-refractivity contribution in [1.82, 2.24) is 0 Å². The zero-order valence-electron chi connectivity index (χ0n) is 13.6. The van der Waals surface area contributed by atoms with E-state index < -0.39 is 0 Å². The molecule has 0 aliphatic heterocycles. The zero-order chi connectivity index (χ0) is 14.3. The minimum absolute atomic E-state index is 0.833. The molecule has 2 heteroatoms. The summed E-state index contributed by atoms with van der Waals surface area (Å²) in [6, 6.07) is 0. The van der Waals surface area contributed by atoms with E-state index in [1.54, 1.807) is 0 Å². The van der Waals surface area contributed by atoms with Crippen molar-refractivity contribution in [1.29, 1.82) is 0 Å². The van der Waals surface area contributed by atoms with Crippen LogP contribution in [0.1, 0.15) is 64.2 Å². The highest BCUT2D eigenvalue weighted by molar-refractivity contribution is 5.93. The maximum atomic E-state index is 4.89. The molecule has 0 aromatic rings. The van der Waals surface area contributed by atoms with Crippen LogP contribution in [0.4, 0.5) is 0 Å². The van der Waals surface area contributed by atoms with Gasteiger partial charge in [0, 0.05) is 23.3 Å². The third kappa shape index (κ3) is 1.57. The Morgan fingerprint density at radius 2 is 1.05 bits per heavy atom. The van der Waals surface area contributed by atoms with Gasteiger partial charge in [-0.3, -0.25) is 0 Å². The summed E-state index contributed by atoms with van der Waals surface area (Å²) in [4.78, 5) is 0. The predicted molar refractivity (Wildman–Crippen MR) is 89.0 cm³/mol. The molecule has 6 fully saturated rings. The van der Waals surface area contributed by atoms with Gasteiger partial charge in [0.2, 0.25) is 0 Å². The van der Waals surface area contributed by atoms with Crippen LogP contribution in [-0.2, 0) is 0 Å². The Morgan fingerprint density at radius 3 is 1.55 bits per heavy atom. The molecule has 6 aliphatic carbocycles. The van der Waals surface area contributed by atoms with Gasteiger partial charge in [0.25, 0.3) is 0 Å². The van der Waals surface area contributed by atoms with Crippen LogP contribution in [0.3, 0.4) is 0 Å². The molecular weight excluding hydrogens is 268 g/mol. The third-order valence-corrected chi connectivity index (χ3v) is 8.71. The average Bonchev–Trinajstić information content (AvgIpc) is 3.33. The van der Waals surface area contributed by atoms with E-state index in [2.05, 4.69) is 0 Å². The fourth-order valence-electron chi connectivity index (χ4n) is 7.99. The number of nitrogens with zero attached hydrogens (tertiary/aromatic N) is 2. The van der Waals surface area contributed by atoms with Gasteiger partial charge in [-0.2, -0.15) is 10.2 Å². The fourth-order valence-corrected chi connectivity index (χ4v) is 7.99. The Hall–Kier alpha value is -0.660. The van der Waals surface area contributed by atoms with E-state index in [1.807, 2.05) is 0 Å². The Kier molecular flexibility index (Phi) is 2.57. The van der Waals surface area contributed by atoms with E-state index >= 15 is 0 Å². The normalized spacial score (nSPS) is 58.2. The highest BCUT2D eigenvalue weighted by Gasteiger charge is 2.54. The lowest BCUT2D eigenvalue weighted by atomic mass is 9.80. The van der Waals surface area contributed by atoms with E-state index in [0.29, 0.717) is 0 Å². The standard InChI is InChI=1S/C20H28N2/c1-3-13-11-7-17(15(13)5-1)19(9-11)21-22-20-10-12-8-18(20)16-6-2-4-14(12)16/h11-18H,1-10H2/b21-19-,22-20-/t11-,12-,13-,14+,15-,16-,17+,18+/m1/s1. The van der Waals surface area contributed by atoms with Crippen LogP contribution in [0.2, 0.25) is 0 Å². The lowest BCUT2D eigenvalue weighted by molar-refractivity contribution is 0.331. The maximum absolute atomic E-state index is 4.89. The zero-order valence-corrected chi connectivity index (χ0v) is 13.6. The minimum Gasteiger partial charge on any atom is -0.160 e. The van der Waals surface area contributed by atoms with Gasteiger partial charge in [-0.05, 0) is 86.9 Å². The van der Waals surface area contributed by atoms with Crippen molar-refractivity contribution < 1.29 is 0 Å². The summed E-state index contributed by atoms with van der Waals surface area (Å²) in [5.41, 5.74) is 3.01. The Bertz CT molecular complexity index is 512. The molecule has 0 unspecified atom stereocenters. The molecule has 0 aromatic carbocycles. The molecule has 22 heavy (non-hydrogen) atoms. The first-order valence-electron chi connectivity index (χ1n) is 10.0. The van der Waals surface area contributed by atoms with Crippen LogP contribution in [0.15, 0.2) is 10.2 Å². The van der Waals surface area contributed by atoms with Gasteiger partial charge in [-0.1, -0.05) is 12.8 Å². The number of rotatable bonds is 1. The molecule has 0 amide bonds. The molecule has 0 heterocycles. The quantitative estimate of drug-likeness (QED) is 0.627. The van der Waals surface area contributed by atoms with Crippen molar-refractivity contribution >= 4 is 11.4 Å². The molecule has 0 N–H and O–H groups in total. The largest absolute Gasteiger partial charge is 0.160 e. The van der Waals surface area contributed by atoms with Crippen molar-refractivity contribution in [3.63, 3.8) is 0 Å². The topological polar surface area (TPSA) is 24.7 Å². The molecular formula is C20H28N2. The van der Waals surface area contributed by atoms with Crippen molar-refractivity contribution in [2.24, 2.45) is 57.5 Å². The van der Waals surface area contributed by atoms with Gasteiger partial charge in [-0.25, -0.2) is 0 Å². The molecule has 6 aliphatic rings.